The summed E-state index contributed by atoms with van der Waals surface area (Å²) in [4.78, 5) is 11.5. The Labute approximate surface area is 155 Å². The summed E-state index contributed by atoms with van der Waals surface area (Å²) in [6.07, 6.45) is 0.411. The quantitative estimate of drug-likeness (QED) is 0.560. The lowest BCUT2D eigenvalue weighted by Crippen LogP contribution is -2.33. The van der Waals surface area contributed by atoms with Gasteiger partial charge < -0.3 is 15.0 Å². The molecule has 1 aromatic heterocycles. The van der Waals surface area contributed by atoms with E-state index in [4.69, 9.17) is 29.6 Å². The van der Waals surface area contributed by atoms with E-state index in [1.165, 1.54) is 7.11 Å². The number of rotatable bonds is 4. The van der Waals surface area contributed by atoms with E-state index in [9.17, 15) is 4.79 Å². The Morgan fingerprint density at radius 2 is 1.96 bits per heavy atom. The van der Waals surface area contributed by atoms with E-state index in [0.29, 0.717) is 16.2 Å². The monoisotopic (exact) mass is 375 g/mol. The van der Waals surface area contributed by atoms with Crippen LogP contribution in [0.4, 0.5) is 0 Å². The van der Waals surface area contributed by atoms with Crippen LogP contribution in [0.3, 0.4) is 0 Å². The van der Waals surface area contributed by atoms with Crippen LogP contribution < -0.4 is 5.73 Å². The molecule has 0 saturated carbocycles. The summed E-state index contributed by atoms with van der Waals surface area (Å²) in [6, 6.07) is 12.8. The van der Waals surface area contributed by atoms with Crippen LogP contribution >= 0.6 is 23.8 Å². The topological polar surface area (TPSA) is 62.2 Å². The molecule has 130 valence electrons. The third kappa shape index (κ3) is 3.20. The first-order valence-corrected chi connectivity index (χ1v) is 8.51. The molecule has 0 bridgehead atoms. The largest absolute Gasteiger partial charge is 0.468 e. The first-order valence-electron chi connectivity index (χ1n) is 7.72. The Kier molecular flexibility index (Phi) is 4.94. The van der Waals surface area contributed by atoms with Crippen LogP contribution in [0.5, 0.6) is 0 Å². The number of aromatic nitrogens is 2. The van der Waals surface area contributed by atoms with E-state index in [1.54, 1.807) is 0 Å². The molecule has 1 atom stereocenters. The number of hydrogen-bond donors (Lipinski definition) is 1. The molecule has 2 N–H and O–H groups in total. The molecule has 1 unspecified atom stereocenters. The minimum atomic E-state index is -0.676. The smallest absolute Gasteiger partial charge is 0.322 e. The van der Waals surface area contributed by atoms with E-state index in [1.807, 2.05) is 58.6 Å². The van der Waals surface area contributed by atoms with Crippen molar-refractivity contribution in [3.05, 3.63) is 57.8 Å². The van der Waals surface area contributed by atoms with Crippen LogP contribution in [-0.2, 0) is 23.0 Å². The van der Waals surface area contributed by atoms with E-state index >= 15 is 0 Å². The fraction of sp³-hybridized carbons (Fsp3) is 0.222. The van der Waals surface area contributed by atoms with Crippen molar-refractivity contribution in [1.82, 2.24) is 9.13 Å². The lowest BCUT2D eigenvalue weighted by molar-refractivity contribution is -0.142. The van der Waals surface area contributed by atoms with Crippen molar-refractivity contribution >= 4 is 40.8 Å². The van der Waals surface area contributed by atoms with Gasteiger partial charge in [-0.2, -0.15) is 0 Å². The summed E-state index contributed by atoms with van der Waals surface area (Å²) in [6.45, 7) is 0. The molecule has 2 aromatic carbocycles. The fourth-order valence-corrected chi connectivity index (χ4v) is 3.40. The zero-order chi connectivity index (χ0) is 18.1. The normalized spacial score (nSPS) is 12.3. The van der Waals surface area contributed by atoms with Crippen molar-refractivity contribution in [2.75, 3.05) is 7.11 Å². The zero-order valence-electron chi connectivity index (χ0n) is 13.9. The Bertz CT molecular complexity index is 992. The molecule has 1 heterocycles. The third-order valence-electron chi connectivity index (χ3n) is 4.18. The number of imidazole rings is 1. The third-order valence-corrected chi connectivity index (χ3v) is 4.94. The number of aryl methyl sites for hydroxylation is 1. The number of ether oxygens (including phenoxy) is 1. The van der Waals surface area contributed by atoms with Gasteiger partial charge in [-0.3, -0.25) is 9.36 Å². The van der Waals surface area contributed by atoms with Gasteiger partial charge in [0.25, 0.3) is 0 Å². The van der Waals surface area contributed by atoms with Gasteiger partial charge in [-0.25, -0.2) is 0 Å². The van der Waals surface area contributed by atoms with Crippen molar-refractivity contribution in [2.45, 2.75) is 12.5 Å². The van der Waals surface area contributed by atoms with E-state index in [0.717, 1.165) is 22.3 Å². The van der Waals surface area contributed by atoms with Crippen molar-refractivity contribution < 1.29 is 9.53 Å². The van der Waals surface area contributed by atoms with Gasteiger partial charge >= 0.3 is 5.97 Å². The number of fused-ring (bicyclic) bond motifs is 1. The van der Waals surface area contributed by atoms with E-state index in [2.05, 4.69) is 4.74 Å². The minimum Gasteiger partial charge on any atom is -0.468 e. The Hall–Kier alpha value is -2.15. The number of methoxy groups -OCH3 is 1. The van der Waals surface area contributed by atoms with E-state index in [-0.39, 0.29) is 0 Å². The Balaban J connectivity index is 2.01. The summed E-state index contributed by atoms with van der Waals surface area (Å²) in [5.41, 5.74) is 9.50. The summed E-state index contributed by atoms with van der Waals surface area (Å²) in [7, 11) is 3.25. The lowest BCUT2D eigenvalue weighted by atomic mass is 10.1. The average Bonchev–Trinajstić information content (AvgIpc) is 2.88. The first-order chi connectivity index (χ1) is 11.9. The molecular weight excluding hydrogens is 358 g/mol. The lowest BCUT2D eigenvalue weighted by Gasteiger charge is -2.10. The van der Waals surface area contributed by atoms with Gasteiger partial charge in [-0.15, -0.1) is 0 Å². The van der Waals surface area contributed by atoms with Gasteiger partial charge in [-0.1, -0.05) is 29.8 Å². The van der Waals surface area contributed by atoms with Gasteiger partial charge in [0.2, 0.25) is 0 Å². The van der Waals surface area contributed by atoms with Gasteiger partial charge in [0.1, 0.15) is 6.04 Å². The number of halogens is 1. The number of nitrogens with two attached hydrogens (primary N) is 1. The number of nitrogens with zero attached hydrogens (tertiary/aromatic N) is 2. The Morgan fingerprint density at radius 1 is 1.28 bits per heavy atom. The number of esters is 1. The molecule has 3 rings (SSSR count). The van der Waals surface area contributed by atoms with E-state index < -0.39 is 12.0 Å². The van der Waals surface area contributed by atoms with Crippen LogP contribution in [-0.4, -0.2) is 28.3 Å². The molecule has 0 amide bonds. The highest BCUT2D eigenvalue weighted by atomic mass is 35.5. The molecule has 3 aromatic rings. The van der Waals surface area contributed by atoms with Crippen LogP contribution in [0.15, 0.2) is 42.5 Å². The maximum atomic E-state index is 11.5. The fourth-order valence-electron chi connectivity index (χ4n) is 2.85. The van der Waals surface area contributed by atoms with Crippen molar-refractivity contribution in [1.29, 1.82) is 0 Å². The van der Waals surface area contributed by atoms with Gasteiger partial charge in [-0.05, 0) is 48.5 Å². The van der Waals surface area contributed by atoms with Crippen molar-refractivity contribution in [2.24, 2.45) is 12.8 Å². The van der Waals surface area contributed by atoms with Crippen molar-refractivity contribution in [3.8, 4) is 5.69 Å². The molecule has 5 nitrogen and oxygen atoms in total. The molecule has 0 aliphatic carbocycles. The summed E-state index contributed by atoms with van der Waals surface area (Å²) in [5.74, 6) is -0.424. The maximum absolute atomic E-state index is 11.5. The summed E-state index contributed by atoms with van der Waals surface area (Å²) < 4.78 is 9.18. The number of benzene rings is 2. The second kappa shape index (κ2) is 7.00. The number of carbonyl (C=O) groups excluding carboxylic acids is 1. The molecule has 0 aliphatic rings. The summed E-state index contributed by atoms with van der Waals surface area (Å²) >= 11 is 12.0. The molecule has 25 heavy (non-hydrogen) atoms. The molecule has 0 saturated heterocycles. The highest BCUT2D eigenvalue weighted by Gasteiger charge is 2.15. The zero-order valence-corrected chi connectivity index (χ0v) is 15.5. The number of para-hydroxylation sites is 1. The standard InChI is InChI=1S/C18H18ClN3O2S/c1-21-15-5-3-4-13(19)16(15)22(18(21)25)12-8-6-11(7-9-12)10-14(20)17(23)24-2/h3-9,14H,10,20H2,1-2H3. The van der Waals surface area contributed by atoms with Gasteiger partial charge in [0.15, 0.2) is 4.77 Å². The van der Waals surface area contributed by atoms with Crippen LogP contribution in [0.25, 0.3) is 16.7 Å². The molecule has 0 radical (unpaired) electrons. The second-order valence-corrected chi connectivity index (χ2v) is 6.56. The van der Waals surface area contributed by atoms with Gasteiger partial charge in [0, 0.05) is 12.7 Å². The molecule has 0 aliphatic heterocycles. The molecular formula is C18H18ClN3O2S. The van der Waals surface area contributed by atoms with Crippen LogP contribution in [0.1, 0.15) is 5.56 Å². The number of hydrogen-bond acceptors (Lipinski definition) is 4. The predicted molar refractivity (Wildman–Crippen MR) is 102 cm³/mol. The minimum absolute atomic E-state index is 0.411. The SMILES string of the molecule is COC(=O)C(N)Cc1ccc(-n2c(=S)n(C)c3cccc(Cl)c32)cc1. The van der Waals surface area contributed by atoms with Crippen molar-refractivity contribution in [3.63, 3.8) is 0 Å². The number of carbonyl (C=O) groups is 1. The first kappa shape index (κ1) is 17.7. The maximum Gasteiger partial charge on any atom is 0.322 e. The highest BCUT2D eigenvalue weighted by molar-refractivity contribution is 7.71. The van der Waals surface area contributed by atoms with Crippen LogP contribution in [0.2, 0.25) is 5.02 Å². The average molecular weight is 376 g/mol. The predicted octanol–water partition coefficient (Wildman–Crippen LogP) is 3.39. The molecule has 0 spiro atoms. The second-order valence-electron chi connectivity index (χ2n) is 5.78. The highest BCUT2D eigenvalue weighted by Crippen LogP contribution is 2.28. The molecule has 7 heteroatoms. The van der Waals surface area contributed by atoms with Crippen LogP contribution in [0, 0.1) is 4.77 Å². The molecule has 0 fully saturated rings. The summed E-state index contributed by atoms with van der Waals surface area (Å²) in [5, 5.41) is 0.640. The Morgan fingerprint density at radius 3 is 2.60 bits per heavy atom. The van der Waals surface area contributed by atoms with Gasteiger partial charge in [0.05, 0.1) is 23.2 Å².